The first-order valence-electron chi connectivity index (χ1n) is 16.6. The van der Waals surface area contributed by atoms with Crippen molar-refractivity contribution in [2.45, 2.75) is 41.4 Å². The number of H-pyrrole nitrogens is 1. The number of hydrogen-bond acceptors (Lipinski definition) is 10. The van der Waals surface area contributed by atoms with Crippen molar-refractivity contribution >= 4 is 62.2 Å². The highest BCUT2D eigenvalue weighted by molar-refractivity contribution is 8.00. The molecule has 4 aromatic rings. The number of ether oxygens (including phenoxy) is 2. The minimum absolute atomic E-state index is 0.00240. The number of nitrogens with two attached hydrogens (primary N) is 1. The van der Waals surface area contributed by atoms with Crippen LogP contribution in [0.4, 0.5) is 11.4 Å². The summed E-state index contributed by atoms with van der Waals surface area (Å²) in [7, 11) is -3.86. The van der Waals surface area contributed by atoms with Gasteiger partial charge in [0.2, 0.25) is 21.8 Å². The molecule has 4 unspecified atom stereocenters. The van der Waals surface area contributed by atoms with Crippen LogP contribution in [0.1, 0.15) is 35.3 Å². The van der Waals surface area contributed by atoms with Gasteiger partial charge in [-0.25, -0.2) is 13.6 Å². The lowest BCUT2D eigenvalue weighted by molar-refractivity contribution is -0.123. The Bertz CT molecular complexity index is 2230. The summed E-state index contributed by atoms with van der Waals surface area (Å²) in [5, 5.41) is 8.66. The Kier molecular flexibility index (Phi) is 8.36. The van der Waals surface area contributed by atoms with Gasteiger partial charge in [0, 0.05) is 21.7 Å². The summed E-state index contributed by atoms with van der Waals surface area (Å²) in [6.45, 7) is 3.80. The number of rotatable bonds is 9. The highest BCUT2D eigenvalue weighted by Gasteiger charge is 2.69. The third-order valence-electron chi connectivity index (χ3n) is 10.5. The smallest absolute Gasteiger partial charge is 0.305 e. The first kappa shape index (κ1) is 33.7. The molecular weight excluding hydrogens is 713 g/mol. The number of thiazole rings is 1. The van der Waals surface area contributed by atoms with E-state index in [-0.39, 0.29) is 57.1 Å². The van der Waals surface area contributed by atoms with Gasteiger partial charge in [-0.1, -0.05) is 35.1 Å². The van der Waals surface area contributed by atoms with Crippen molar-refractivity contribution in [1.82, 2.24) is 4.98 Å². The van der Waals surface area contributed by atoms with Crippen molar-refractivity contribution < 1.29 is 32.3 Å². The van der Waals surface area contributed by atoms with Gasteiger partial charge >= 0.3 is 4.87 Å². The highest BCUT2D eigenvalue weighted by atomic mass is 32.2. The van der Waals surface area contributed by atoms with Gasteiger partial charge in [0.25, 0.3) is 5.91 Å². The molecule has 51 heavy (non-hydrogen) atoms. The molecule has 2 saturated carbocycles. The molecule has 1 saturated heterocycles. The predicted octanol–water partition coefficient (Wildman–Crippen LogP) is 4.49. The van der Waals surface area contributed by atoms with E-state index < -0.39 is 27.8 Å². The van der Waals surface area contributed by atoms with E-state index in [9.17, 15) is 27.6 Å². The fraction of sp³-hybridized carbons (Fsp3) is 0.333. The summed E-state index contributed by atoms with van der Waals surface area (Å²) >= 11 is 2.80. The second-order valence-electron chi connectivity index (χ2n) is 13.4. The summed E-state index contributed by atoms with van der Waals surface area (Å²) < 4.78 is 35.0. The number of imide groups is 1. The normalized spacial score (nSPS) is 26.1. The number of nitrogens with zero attached hydrogens (tertiary/aromatic N) is 1. The number of aromatic nitrogens is 1. The van der Waals surface area contributed by atoms with Crippen LogP contribution in [0.15, 0.2) is 81.4 Å². The standard InChI is InChI=1S/C36H34N4O8S3/c1-3-47-25-14-18(6-13-24(25)48-16-26(41)38-19-7-11-21(12-8-19)51(37,45)46)27-28-22-15-23(31(28)49-33-32(27)50-36(44)39-33)30-29(22)34(42)40(35(30)43)20-9-4-17(2)5-10-20/h4-14,22-23,27-31H,3,15-16H2,1-2H3,(H,38,41)(H,39,44)(H2,37,45,46)/t22-,23-,27-,28?,29?,30?,31?/m1/s1. The van der Waals surface area contributed by atoms with E-state index in [1.54, 1.807) is 17.8 Å². The number of fused-ring (bicyclic) bond motifs is 9. The molecule has 7 atom stereocenters. The number of nitrogens with one attached hydrogen (secondary N) is 2. The molecule has 1 aromatic heterocycles. The van der Waals surface area contributed by atoms with E-state index in [0.717, 1.165) is 27.5 Å². The van der Waals surface area contributed by atoms with E-state index in [1.165, 1.54) is 40.5 Å². The number of amides is 3. The molecular formula is C36H34N4O8S3. The molecule has 12 nitrogen and oxygen atoms in total. The van der Waals surface area contributed by atoms with Crippen molar-refractivity contribution in [2.75, 3.05) is 23.4 Å². The van der Waals surface area contributed by atoms with Crippen LogP contribution in [-0.4, -0.2) is 49.6 Å². The predicted molar refractivity (Wildman–Crippen MR) is 192 cm³/mol. The molecule has 3 aromatic carbocycles. The Morgan fingerprint density at radius 2 is 1.67 bits per heavy atom. The zero-order chi connectivity index (χ0) is 35.8. The Labute approximate surface area is 301 Å². The molecule has 0 radical (unpaired) electrons. The quantitative estimate of drug-likeness (QED) is 0.208. The van der Waals surface area contributed by atoms with Crippen LogP contribution < -0.4 is 29.7 Å². The van der Waals surface area contributed by atoms with Crippen LogP contribution in [0.25, 0.3) is 0 Å². The number of primary sulfonamides is 1. The SMILES string of the molecule is CCOc1cc([C@H]2c3sc(=O)[nH]c3SC3C2[C@H]2C[C@@H]3C3C(=O)N(c4ccc(C)cc4)C(=O)C32)ccc1OCC(=O)Nc1ccc(S(N)(=O)=O)cc1. The molecule has 2 aliphatic carbocycles. The van der Waals surface area contributed by atoms with Crippen molar-refractivity contribution in [3.63, 3.8) is 0 Å². The van der Waals surface area contributed by atoms with Gasteiger partial charge in [0.1, 0.15) is 0 Å². The summed E-state index contributed by atoms with van der Waals surface area (Å²) in [5.74, 6) is -1.06. The molecule has 3 heterocycles. The van der Waals surface area contributed by atoms with E-state index in [4.69, 9.17) is 14.6 Å². The molecule has 4 N–H and O–H groups in total. The molecule has 8 rings (SSSR count). The fourth-order valence-electron chi connectivity index (χ4n) is 8.51. The Balaban J connectivity index is 1.07. The number of carbonyl (C=O) groups is 3. The largest absolute Gasteiger partial charge is 0.490 e. The van der Waals surface area contributed by atoms with Crippen LogP contribution in [0.5, 0.6) is 11.5 Å². The second kappa shape index (κ2) is 12.7. The van der Waals surface area contributed by atoms with Gasteiger partial charge in [-0.05, 0) is 92.1 Å². The van der Waals surface area contributed by atoms with Crippen LogP contribution >= 0.6 is 23.1 Å². The number of aromatic amines is 1. The molecule has 15 heteroatoms. The topological polar surface area (TPSA) is 178 Å². The lowest BCUT2D eigenvalue weighted by Crippen LogP contribution is -2.42. The minimum atomic E-state index is -3.86. The van der Waals surface area contributed by atoms with Crippen molar-refractivity contribution in [2.24, 2.45) is 34.7 Å². The van der Waals surface area contributed by atoms with Crippen molar-refractivity contribution in [1.29, 1.82) is 0 Å². The number of anilines is 2. The average molecular weight is 747 g/mol. The van der Waals surface area contributed by atoms with Crippen LogP contribution in [0.3, 0.4) is 0 Å². The Morgan fingerprint density at radius 3 is 2.35 bits per heavy atom. The highest BCUT2D eigenvalue weighted by Crippen LogP contribution is 2.68. The van der Waals surface area contributed by atoms with Crippen LogP contribution in [0, 0.1) is 36.5 Å². The molecule has 264 valence electrons. The molecule has 3 amide bonds. The zero-order valence-corrected chi connectivity index (χ0v) is 30.0. The zero-order valence-electron chi connectivity index (χ0n) is 27.5. The minimum Gasteiger partial charge on any atom is -0.490 e. The van der Waals surface area contributed by atoms with E-state index >= 15 is 0 Å². The third-order valence-corrected chi connectivity index (χ3v) is 14.0. The van der Waals surface area contributed by atoms with Crippen LogP contribution in [0.2, 0.25) is 0 Å². The lowest BCUT2D eigenvalue weighted by atomic mass is 9.68. The van der Waals surface area contributed by atoms with Gasteiger partial charge in [0.15, 0.2) is 18.1 Å². The summed E-state index contributed by atoms with van der Waals surface area (Å²) in [6, 6.07) is 18.5. The van der Waals surface area contributed by atoms with E-state index in [0.29, 0.717) is 29.5 Å². The van der Waals surface area contributed by atoms with E-state index in [1.807, 2.05) is 50.2 Å². The first-order chi connectivity index (χ1) is 24.4. The van der Waals surface area contributed by atoms with Crippen molar-refractivity contribution in [3.05, 3.63) is 92.4 Å². The molecule has 2 aliphatic heterocycles. The average Bonchev–Trinajstić information content (AvgIpc) is 3.83. The van der Waals surface area contributed by atoms with Gasteiger partial charge in [-0.3, -0.25) is 24.1 Å². The maximum Gasteiger partial charge on any atom is 0.305 e. The molecule has 4 aliphatic rings. The summed E-state index contributed by atoms with van der Waals surface area (Å²) in [6.07, 6.45) is 0.770. The van der Waals surface area contributed by atoms with Gasteiger partial charge in [0.05, 0.1) is 34.1 Å². The van der Waals surface area contributed by atoms with Gasteiger partial charge in [-0.2, -0.15) is 0 Å². The number of benzene rings is 3. The van der Waals surface area contributed by atoms with Crippen LogP contribution in [-0.2, 0) is 24.4 Å². The molecule has 3 fully saturated rings. The monoisotopic (exact) mass is 746 g/mol. The van der Waals surface area contributed by atoms with Gasteiger partial charge < -0.3 is 19.8 Å². The number of carbonyl (C=O) groups excluding carboxylic acids is 3. The third kappa shape index (κ3) is 5.76. The second-order valence-corrected chi connectivity index (χ2v) is 17.1. The van der Waals surface area contributed by atoms with Gasteiger partial charge in [-0.15, -0.1) is 11.8 Å². The first-order valence-corrected chi connectivity index (χ1v) is 19.8. The number of thioether (sulfide) groups is 1. The fourth-order valence-corrected chi connectivity index (χ4v) is 11.9. The maximum atomic E-state index is 14.1. The lowest BCUT2D eigenvalue weighted by Gasteiger charge is -2.43. The molecule has 2 bridgehead atoms. The summed E-state index contributed by atoms with van der Waals surface area (Å²) in [4.78, 5) is 58.6. The number of hydrogen-bond donors (Lipinski definition) is 3. The Hall–Kier alpha value is -4.44. The molecule has 0 spiro atoms. The number of aryl methyl sites for hydroxylation is 1. The van der Waals surface area contributed by atoms with E-state index in [2.05, 4.69) is 10.3 Å². The summed E-state index contributed by atoms with van der Waals surface area (Å²) in [5.41, 5.74) is 2.92. The Morgan fingerprint density at radius 1 is 0.961 bits per heavy atom. The number of sulfonamides is 1. The maximum absolute atomic E-state index is 14.1. The van der Waals surface area contributed by atoms with Crippen molar-refractivity contribution in [3.8, 4) is 11.5 Å².